The van der Waals surface area contributed by atoms with E-state index in [-0.39, 0.29) is 11.9 Å². The lowest BCUT2D eigenvalue weighted by Gasteiger charge is -2.25. The first-order chi connectivity index (χ1) is 9.54. The van der Waals surface area contributed by atoms with Gasteiger partial charge in [0.05, 0.1) is 0 Å². The molecule has 0 aliphatic heterocycles. The topological polar surface area (TPSA) is 29.1 Å². The SMILES string of the molecule is CC(CC1CCCCC1)NC(=O)c1cc(Cl)cc(Cl)c1. The monoisotopic (exact) mass is 313 g/mol. The zero-order chi connectivity index (χ0) is 14.5. The highest BCUT2D eigenvalue weighted by molar-refractivity contribution is 6.35. The summed E-state index contributed by atoms with van der Waals surface area (Å²) in [6, 6.07) is 5.11. The van der Waals surface area contributed by atoms with Crippen molar-refractivity contribution < 1.29 is 4.79 Å². The molecule has 0 spiro atoms. The van der Waals surface area contributed by atoms with E-state index in [1.54, 1.807) is 18.2 Å². The van der Waals surface area contributed by atoms with Crippen LogP contribution in [-0.2, 0) is 0 Å². The highest BCUT2D eigenvalue weighted by Gasteiger charge is 2.18. The van der Waals surface area contributed by atoms with Crippen LogP contribution >= 0.6 is 23.2 Å². The largest absolute Gasteiger partial charge is 0.350 e. The standard InChI is InChI=1S/C16H21Cl2NO/c1-11(7-12-5-3-2-4-6-12)19-16(20)13-8-14(17)10-15(18)9-13/h8-12H,2-7H2,1H3,(H,19,20). The molecule has 1 aliphatic rings. The van der Waals surface area contributed by atoms with E-state index in [9.17, 15) is 4.79 Å². The molecular formula is C16H21Cl2NO. The first-order valence-electron chi connectivity index (χ1n) is 7.31. The van der Waals surface area contributed by atoms with Gasteiger partial charge in [-0.15, -0.1) is 0 Å². The predicted molar refractivity (Wildman–Crippen MR) is 84.6 cm³/mol. The minimum Gasteiger partial charge on any atom is -0.350 e. The summed E-state index contributed by atoms with van der Waals surface area (Å²) < 4.78 is 0. The summed E-state index contributed by atoms with van der Waals surface area (Å²) in [4.78, 5) is 12.2. The number of nitrogens with one attached hydrogen (secondary N) is 1. The van der Waals surface area contributed by atoms with Gasteiger partial charge in [0, 0.05) is 21.7 Å². The summed E-state index contributed by atoms with van der Waals surface area (Å²) in [7, 11) is 0. The van der Waals surface area contributed by atoms with Gasteiger partial charge in [0.25, 0.3) is 5.91 Å². The maximum absolute atomic E-state index is 12.2. The fourth-order valence-electron chi connectivity index (χ4n) is 2.97. The maximum atomic E-state index is 12.2. The molecule has 0 aromatic heterocycles. The van der Waals surface area contributed by atoms with Gasteiger partial charge in [0.15, 0.2) is 0 Å². The number of amides is 1. The van der Waals surface area contributed by atoms with Crippen molar-refractivity contribution in [2.24, 2.45) is 5.92 Å². The van der Waals surface area contributed by atoms with E-state index < -0.39 is 0 Å². The zero-order valence-electron chi connectivity index (χ0n) is 11.8. The fourth-order valence-corrected chi connectivity index (χ4v) is 3.50. The molecule has 1 saturated carbocycles. The molecule has 0 radical (unpaired) electrons. The van der Waals surface area contributed by atoms with Gasteiger partial charge in [-0.3, -0.25) is 4.79 Å². The molecule has 2 nitrogen and oxygen atoms in total. The second-order valence-electron chi connectivity index (χ2n) is 5.77. The lowest BCUT2D eigenvalue weighted by Crippen LogP contribution is -2.34. The third-order valence-electron chi connectivity index (χ3n) is 3.91. The molecule has 0 saturated heterocycles. The van der Waals surface area contributed by atoms with Crippen molar-refractivity contribution in [3.8, 4) is 0 Å². The van der Waals surface area contributed by atoms with E-state index in [2.05, 4.69) is 12.2 Å². The van der Waals surface area contributed by atoms with Gasteiger partial charge in [-0.1, -0.05) is 55.3 Å². The van der Waals surface area contributed by atoms with Crippen LogP contribution in [0.15, 0.2) is 18.2 Å². The van der Waals surface area contributed by atoms with Crippen LogP contribution < -0.4 is 5.32 Å². The van der Waals surface area contributed by atoms with Crippen LogP contribution in [0.3, 0.4) is 0 Å². The molecule has 1 unspecified atom stereocenters. The van der Waals surface area contributed by atoms with Crippen LogP contribution in [0.25, 0.3) is 0 Å². The Hall–Kier alpha value is -0.730. The first-order valence-corrected chi connectivity index (χ1v) is 8.07. The summed E-state index contributed by atoms with van der Waals surface area (Å²) in [6.07, 6.45) is 7.66. The van der Waals surface area contributed by atoms with Gasteiger partial charge in [0.2, 0.25) is 0 Å². The third kappa shape index (κ3) is 4.68. The molecule has 1 atom stereocenters. The van der Waals surface area contributed by atoms with Crippen LogP contribution in [-0.4, -0.2) is 11.9 Å². The Bertz CT molecular complexity index is 449. The first kappa shape index (κ1) is 15.7. The number of carbonyl (C=O) groups is 1. The number of carbonyl (C=O) groups excluding carboxylic acids is 1. The van der Waals surface area contributed by atoms with Crippen LogP contribution in [0, 0.1) is 5.92 Å². The van der Waals surface area contributed by atoms with Crippen molar-refractivity contribution in [3.63, 3.8) is 0 Å². The Balaban J connectivity index is 1.89. The molecule has 1 aromatic carbocycles. The Morgan fingerprint density at radius 3 is 2.40 bits per heavy atom. The van der Waals surface area contributed by atoms with Gasteiger partial charge in [-0.05, 0) is 37.5 Å². The summed E-state index contributed by atoms with van der Waals surface area (Å²) in [5.41, 5.74) is 0.526. The summed E-state index contributed by atoms with van der Waals surface area (Å²) >= 11 is 11.8. The second kappa shape index (κ2) is 7.33. The fraction of sp³-hybridized carbons (Fsp3) is 0.562. The number of halogens is 2. The Morgan fingerprint density at radius 1 is 1.20 bits per heavy atom. The number of hydrogen-bond acceptors (Lipinski definition) is 1. The molecule has 0 heterocycles. The average Bonchev–Trinajstić information content (AvgIpc) is 2.38. The Kier molecular flexibility index (Phi) is 5.74. The highest BCUT2D eigenvalue weighted by Crippen LogP contribution is 2.27. The zero-order valence-corrected chi connectivity index (χ0v) is 13.3. The molecule has 2 rings (SSSR count). The van der Waals surface area contributed by atoms with Crippen LogP contribution in [0.5, 0.6) is 0 Å². The molecule has 1 N–H and O–H groups in total. The number of benzene rings is 1. The predicted octanol–water partition coefficient (Wildman–Crippen LogP) is 5.08. The van der Waals surface area contributed by atoms with Crippen molar-refractivity contribution in [3.05, 3.63) is 33.8 Å². The maximum Gasteiger partial charge on any atom is 0.251 e. The quantitative estimate of drug-likeness (QED) is 0.825. The van der Waals surface area contributed by atoms with E-state index in [4.69, 9.17) is 23.2 Å². The van der Waals surface area contributed by atoms with E-state index in [0.717, 1.165) is 12.3 Å². The highest BCUT2D eigenvalue weighted by atomic mass is 35.5. The summed E-state index contributed by atoms with van der Waals surface area (Å²) in [5, 5.41) is 4.02. The molecule has 1 amide bonds. The van der Waals surface area contributed by atoms with E-state index in [1.807, 2.05) is 0 Å². The smallest absolute Gasteiger partial charge is 0.251 e. The van der Waals surface area contributed by atoms with Gasteiger partial charge < -0.3 is 5.32 Å². The molecular weight excluding hydrogens is 293 g/mol. The van der Waals surface area contributed by atoms with Gasteiger partial charge in [0.1, 0.15) is 0 Å². The molecule has 4 heteroatoms. The molecule has 20 heavy (non-hydrogen) atoms. The Morgan fingerprint density at radius 2 is 1.80 bits per heavy atom. The molecule has 1 fully saturated rings. The molecule has 110 valence electrons. The van der Waals surface area contributed by atoms with Crippen LogP contribution in [0.2, 0.25) is 10.0 Å². The van der Waals surface area contributed by atoms with Gasteiger partial charge >= 0.3 is 0 Å². The summed E-state index contributed by atoms with van der Waals surface area (Å²) in [5.74, 6) is 0.653. The average molecular weight is 314 g/mol. The van der Waals surface area contributed by atoms with Crippen LogP contribution in [0.4, 0.5) is 0 Å². The summed E-state index contributed by atoms with van der Waals surface area (Å²) in [6.45, 7) is 2.07. The lowest BCUT2D eigenvalue weighted by molar-refractivity contribution is 0.0933. The minimum atomic E-state index is -0.0993. The van der Waals surface area contributed by atoms with Crippen molar-refractivity contribution in [1.82, 2.24) is 5.32 Å². The normalized spacial score (nSPS) is 17.8. The van der Waals surface area contributed by atoms with E-state index in [0.29, 0.717) is 15.6 Å². The number of hydrogen-bond donors (Lipinski definition) is 1. The van der Waals surface area contributed by atoms with E-state index in [1.165, 1.54) is 32.1 Å². The third-order valence-corrected chi connectivity index (χ3v) is 4.35. The number of rotatable bonds is 4. The molecule has 1 aromatic rings. The van der Waals surface area contributed by atoms with Gasteiger partial charge in [-0.2, -0.15) is 0 Å². The van der Waals surface area contributed by atoms with Crippen molar-refractivity contribution in [2.45, 2.75) is 51.5 Å². The van der Waals surface area contributed by atoms with Crippen molar-refractivity contribution in [1.29, 1.82) is 0 Å². The Labute approximate surface area is 130 Å². The second-order valence-corrected chi connectivity index (χ2v) is 6.65. The van der Waals surface area contributed by atoms with E-state index >= 15 is 0 Å². The lowest BCUT2D eigenvalue weighted by atomic mass is 9.85. The molecule has 0 bridgehead atoms. The minimum absolute atomic E-state index is 0.0993. The van der Waals surface area contributed by atoms with Crippen molar-refractivity contribution >= 4 is 29.1 Å². The van der Waals surface area contributed by atoms with Crippen LogP contribution in [0.1, 0.15) is 55.8 Å². The van der Waals surface area contributed by atoms with Crippen molar-refractivity contribution in [2.75, 3.05) is 0 Å². The molecule has 1 aliphatic carbocycles. The van der Waals surface area contributed by atoms with Gasteiger partial charge in [-0.25, -0.2) is 0 Å².